The van der Waals surface area contributed by atoms with E-state index in [4.69, 9.17) is 0 Å². The number of aromatic nitrogens is 2. The van der Waals surface area contributed by atoms with Gasteiger partial charge in [0.2, 0.25) is 5.91 Å². The highest BCUT2D eigenvalue weighted by atomic mass is 32.1. The lowest BCUT2D eigenvalue weighted by Crippen LogP contribution is -2.37. The van der Waals surface area contributed by atoms with Gasteiger partial charge in [0.1, 0.15) is 16.8 Å². The number of rotatable bonds is 5. The van der Waals surface area contributed by atoms with Gasteiger partial charge in [-0.3, -0.25) is 14.4 Å². The molecule has 0 radical (unpaired) electrons. The predicted octanol–water partition coefficient (Wildman–Crippen LogP) is 5.78. The largest absolute Gasteiger partial charge is 0.435 e. The Morgan fingerprint density at radius 3 is 2.75 bits per heavy atom. The minimum atomic E-state index is -4.79. The van der Waals surface area contributed by atoms with Crippen LogP contribution in [0.1, 0.15) is 52.3 Å². The van der Waals surface area contributed by atoms with Crippen molar-refractivity contribution in [3.05, 3.63) is 75.0 Å². The van der Waals surface area contributed by atoms with Crippen LogP contribution in [0.3, 0.4) is 0 Å². The fraction of sp³-hybridized carbons (Fsp3) is 0.414. The summed E-state index contributed by atoms with van der Waals surface area (Å²) < 4.78 is 58.7. The number of nitriles is 1. The van der Waals surface area contributed by atoms with Gasteiger partial charge in [0.25, 0.3) is 0 Å². The Labute approximate surface area is 233 Å². The van der Waals surface area contributed by atoms with Gasteiger partial charge in [-0.15, -0.1) is 11.3 Å². The number of hydrogen-bond acceptors (Lipinski definition) is 5. The smallest absolute Gasteiger partial charge is 0.333 e. The molecule has 11 heteroatoms. The van der Waals surface area contributed by atoms with Crippen molar-refractivity contribution >= 4 is 17.2 Å². The van der Waals surface area contributed by atoms with E-state index in [1.54, 1.807) is 30.0 Å². The molecule has 1 aromatic carbocycles. The third kappa shape index (κ3) is 4.63. The number of likely N-dealkylation sites (tertiary alicyclic amines) is 1. The molecule has 3 aromatic rings. The molecular weight excluding hydrogens is 542 g/mol. The van der Waals surface area contributed by atoms with Gasteiger partial charge in [0.05, 0.1) is 6.54 Å². The summed E-state index contributed by atoms with van der Waals surface area (Å²) in [6.45, 7) is 2.26. The molecular formula is C29H27F4N5OS. The van der Waals surface area contributed by atoms with E-state index < -0.39 is 23.6 Å². The van der Waals surface area contributed by atoms with E-state index in [2.05, 4.69) is 23.1 Å². The normalized spacial score (nSPS) is 24.3. The molecule has 1 unspecified atom stereocenters. The van der Waals surface area contributed by atoms with Crippen molar-refractivity contribution in [1.29, 1.82) is 5.26 Å². The zero-order valence-corrected chi connectivity index (χ0v) is 22.8. The van der Waals surface area contributed by atoms with Crippen LogP contribution in [0.25, 0.3) is 11.1 Å². The molecule has 4 heterocycles. The van der Waals surface area contributed by atoms with Crippen LogP contribution >= 0.6 is 11.3 Å². The van der Waals surface area contributed by atoms with Crippen LogP contribution in [-0.4, -0.2) is 51.2 Å². The van der Waals surface area contributed by atoms with Crippen molar-refractivity contribution < 1.29 is 22.4 Å². The maximum absolute atomic E-state index is 15.5. The van der Waals surface area contributed by atoms with Crippen molar-refractivity contribution in [2.75, 3.05) is 13.6 Å². The maximum atomic E-state index is 15.5. The van der Waals surface area contributed by atoms with Crippen LogP contribution < -0.4 is 0 Å². The lowest BCUT2D eigenvalue weighted by molar-refractivity contribution is -0.141. The predicted molar refractivity (Wildman–Crippen MR) is 142 cm³/mol. The third-order valence-corrected chi connectivity index (χ3v) is 9.40. The molecule has 208 valence electrons. The maximum Gasteiger partial charge on any atom is 0.435 e. The van der Waals surface area contributed by atoms with E-state index in [-0.39, 0.29) is 42.7 Å². The van der Waals surface area contributed by atoms with Gasteiger partial charge in [-0.05, 0) is 56.0 Å². The van der Waals surface area contributed by atoms with Gasteiger partial charge in [-0.2, -0.15) is 23.5 Å². The summed E-state index contributed by atoms with van der Waals surface area (Å²) in [4.78, 5) is 18.5. The summed E-state index contributed by atoms with van der Waals surface area (Å²) in [5.41, 5.74) is -0.637. The Morgan fingerprint density at radius 1 is 1.27 bits per heavy atom. The molecule has 1 saturated carbocycles. The Hall–Kier alpha value is -3.49. The molecule has 6 nitrogen and oxygen atoms in total. The van der Waals surface area contributed by atoms with Crippen molar-refractivity contribution in [2.24, 2.45) is 5.92 Å². The molecule has 0 N–H and O–H groups in total. The third-order valence-electron chi connectivity index (χ3n) is 8.36. The van der Waals surface area contributed by atoms with Crippen molar-refractivity contribution in [3.63, 3.8) is 0 Å². The number of piperidine rings is 1. The summed E-state index contributed by atoms with van der Waals surface area (Å²) in [6.07, 6.45) is 2.16. The summed E-state index contributed by atoms with van der Waals surface area (Å²) in [5, 5.41) is 13.3. The number of thiophene rings is 1. The summed E-state index contributed by atoms with van der Waals surface area (Å²) in [7, 11) is 2.07. The molecule has 6 rings (SSSR count). The number of alkyl halides is 3. The molecule has 2 aliphatic heterocycles. The summed E-state index contributed by atoms with van der Waals surface area (Å²) in [6, 6.07) is 8.82. The topological polar surface area (TPSA) is 65.2 Å². The number of amides is 1. The fourth-order valence-corrected chi connectivity index (χ4v) is 7.25. The van der Waals surface area contributed by atoms with Gasteiger partial charge in [0, 0.05) is 59.4 Å². The standard InChI is InChI=1S/C29H27F4N5OS/c1-3-38-14-22(28(35-38)29(31,32)33)27-19(5-4-6-23(27)30)21-13-37(15-25-20(21)11-18(12-34)40-25)26(39)8-7-17-9-16-10-24(16)36(17)2/h4-8,11,14,16-17,21,24H,3,9-10,13,15H2,1-2H3/b8-7+/t16-,17+,21-,24?/m0/s1. The lowest BCUT2D eigenvalue weighted by atomic mass is 9.83. The first kappa shape index (κ1) is 26.7. The molecule has 40 heavy (non-hydrogen) atoms. The van der Waals surface area contributed by atoms with E-state index >= 15 is 4.39 Å². The molecule has 0 spiro atoms. The first-order chi connectivity index (χ1) is 19.1. The number of halogens is 4. The first-order valence-electron chi connectivity index (χ1n) is 13.2. The number of aryl methyl sites for hydroxylation is 1. The minimum absolute atomic E-state index is 0.142. The van der Waals surface area contributed by atoms with E-state index in [0.717, 1.165) is 27.6 Å². The monoisotopic (exact) mass is 569 g/mol. The highest BCUT2D eigenvalue weighted by Crippen LogP contribution is 2.47. The van der Waals surface area contributed by atoms with Gasteiger partial charge in [-0.25, -0.2) is 4.39 Å². The van der Waals surface area contributed by atoms with Crippen molar-refractivity contribution in [3.8, 4) is 17.2 Å². The second-order valence-corrected chi connectivity index (χ2v) is 11.8. The first-order valence-corrected chi connectivity index (χ1v) is 14.1. The summed E-state index contributed by atoms with van der Waals surface area (Å²) in [5.74, 6) is -0.957. The number of fused-ring (bicyclic) bond motifs is 2. The van der Waals surface area contributed by atoms with Crippen LogP contribution in [-0.2, 0) is 24.1 Å². The van der Waals surface area contributed by atoms with Crippen LogP contribution in [0.15, 0.2) is 42.6 Å². The zero-order chi connectivity index (χ0) is 28.3. The minimum Gasteiger partial charge on any atom is -0.333 e. The molecule has 1 aliphatic carbocycles. The number of hydrogen-bond donors (Lipinski definition) is 0. The second-order valence-electron chi connectivity index (χ2n) is 10.7. The number of benzene rings is 1. The number of likely N-dealkylation sites (N-methyl/N-ethyl adjacent to an activating group) is 1. The lowest BCUT2D eigenvalue weighted by Gasteiger charge is -2.33. The SMILES string of the molecule is CCn1cc(-c2c(F)cccc2[C@@H]2CN(C(=O)/C=C/[C@@H]3C[C@H]4CC4N3C)Cc3sc(C#N)cc32)c(C(F)(F)F)n1. The average molecular weight is 570 g/mol. The number of nitrogens with zero attached hydrogens (tertiary/aromatic N) is 5. The van der Waals surface area contributed by atoms with Gasteiger partial charge < -0.3 is 4.90 Å². The Morgan fingerprint density at radius 2 is 2.08 bits per heavy atom. The van der Waals surface area contributed by atoms with E-state index in [1.165, 1.54) is 30.0 Å². The summed E-state index contributed by atoms with van der Waals surface area (Å²) >= 11 is 1.25. The highest BCUT2D eigenvalue weighted by molar-refractivity contribution is 7.12. The second kappa shape index (κ2) is 9.85. The van der Waals surface area contributed by atoms with Crippen molar-refractivity contribution in [2.45, 2.75) is 57.0 Å². The molecule has 0 bridgehead atoms. The molecule has 2 aromatic heterocycles. The van der Waals surface area contributed by atoms with Crippen molar-refractivity contribution in [1.82, 2.24) is 19.6 Å². The van der Waals surface area contributed by atoms with E-state index in [1.807, 2.05) is 6.08 Å². The van der Waals surface area contributed by atoms with E-state index in [9.17, 15) is 23.2 Å². The Kier molecular flexibility index (Phi) is 6.58. The van der Waals surface area contributed by atoms with Crippen LogP contribution in [0.4, 0.5) is 17.6 Å². The van der Waals surface area contributed by atoms with Crippen LogP contribution in [0, 0.1) is 23.1 Å². The van der Waals surface area contributed by atoms with E-state index in [0.29, 0.717) is 22.4 Å². The van der Waals surface area contributed by atoms with Gasteiger partial charge in [0.15, 0.2) is 5.69 Å². The quantitative estimate of drug-likeness (QED) is 0.289. The molecule has 1 saturated heterocycles. The molecule has 2 fully saturated rings. The number of carbonyl (C=O) groups is 1. The van der Waals surface area contributed by atoms with Gasteiger partial charge >= 0.3 is 6.18 Å². The zero-order valence-electron chi connectivity index (χ0n) is 22.0. The molecule has 1 amide bonds. The Bertz CT molecular complexity index is 1550. The van der Waals surface area contributed by atoms with Crippen LogP contribution in [0.5, 0.6) is 0 Å². The average Bonchev–Trinajstić information content (AvgIpc) is 3.23. The molecule has 3 aliphatic rings. The Balaban J connectivity index is 1.40. The van der Waals surface area contributed by atoms with Crippen LogP contribution in [0.2, 0.25) is 0 Å². The van der Waals surface area contributed by atoms with Gasteiger partial charge in [-0.1, -0.05) is 18.2 Å². The molecule has 4 atom stereocenters. The number of carbonyl (C=O) groups excluding carboxylic acids is 1. The fourth-order valence-electron chi connectivity index (χ4n) is 6.22. The highest BCUT2D eigenvalue weighted by Gasteiger charge is 2.49.